The fourth-order valence-corrected chi connectivity index (χ4v) is 3.96. The Labute approximate surface area is 126 Å². The van der Waals surface area contributed by atoms with E-state index in [2.05, 4.69) is 18.6 Å². The van der Waals surface area contributed by atoms with Gasteiger partial charge in [0.1, 0.15) is 0 Å². The first kappa shape index (κ1) is 17.5. The van der Waals surface area contributed by atoms with Gasteiger partial charge in [-0.1, -0.05) is 26.0 Å². The summed E-state index contributed by atoms with van der Waals surface area (Å²) < 4.78 is 27.1. The minimum Gasteiger partial charge on any atom is -0.392 e. The molecule has 1 aromatic carbocycles. The van der Waals surface area contributed by atoms with Crippen LogP contribution in [0.3, 0.4) is 0 Å². The fourth-order valence-electron chi connectivity index (χ4n) is 1.94. The first-order valence-electron chi connectivity index (χ1n) is 6.67. The molecular formula is C14H23NO3S2. The molecule has 0 heterocycles. The lowest BCUT2D eigenvalue weighted by molar-refractivity contribution is 0.282. The molecule has 114 valence electrons. The molecule has 0 fully saturated rings. The summed E-state index contributed by atoms with van der Waals surface area (Å²) in [5, 5.41) is 8.97. The highest BCUT2D eigenvalue weighted by molar-refractivity contribution is 8.00. The zero-order valence-electron chi connectivity index (χ0n) is 12.2. The summed E-state index contributed by atoms with van der Waals surface area (Å²) in [6.45, 7) is 4.48. The van der Waals surface area contributed by atoms with E-state index in [4.69, 9.17) is 5.11 Å². The van der Waals surface area contributed by atoms with E-state index >= 15 is 0 Å². The molecule has 0 aromatic heterocycles. The van der Waals surface area contributed by atoms with Crippen molar-refractivity contribution in [3.8, 4) is 0 Å². The summed E-state index contributed by atoms with van der Waals surface area (Å²) >= 11 is 1.70. The van der Waals surface area contributed by atoms with Gasteiger partial charge in [-0.15, -0.1) is 0 Å². The molecule has 20 heavy (non-hydrogen) atoms. The van der Waals surface area contributed by atoms with E-state index in [-0.39, 0.29) is 16.2 Å². The predicted molar refractivity (Wildman–Crippen MR) is 84.4 cm³/mol. The van der Waals surface area contributed by atoms with Gasteiger partial charge in [0.25, 0.3) is 0 Å². The molecule has 0 saturated carbocycles. The molecule has 0 aliphatic rings. The van der Waals surface area contributed by atoms with Crippen molar-refractivity contribution in [3.63, 3.8) is 0 Å². The van der Waals surface area contributed by atoms with Crippen molar-refractivity contribution in [3.05, 3.63) is 29.8 Å². The van der Waals surface area contributed by atoms with Crippen molar-refractivity contribution in [2.24, 2.45) is 0 Å². The zero-order chi connectivity index (χ0) is 15.2. The number of benzene rings is 1. The van der Waals surface area contributed by atoms with Gasteiger partial charge < -0.3 is 5.11 Å². The Balaban J connectivity index is 2.84. The van der Waals surface area contributed by atoms with E-state index in [0.717, 1.165) is 12.8 Å². The highest BCUT2D eigenvalue weighted by atomic mass is 32.2. The van der Waals surface area contributed by atoms with Crippen LogP contribution in [0.4, 0.5) is 0 Å². The lowest BCUT2D eigenvalue weighted by atomic mass is 10.0. The fraction of sp³-hybridized carbons (Fsp3) is 0.571. The maximum atomic E-state index is 12.2. The maximum Gasteiger partial charge on any atom is 0.240 e. The Morgan fingerprint density at radius 1 is 1.20 bits per heavy atom. The molecular weight excluding hydrogens is 294 g/mol. The van der Waals surface area contributed by atoms with Crippen LogP contribution in [-0.2, 0) is 16.6 Å². The third-order valence-electron chi connectivity index (χ3n) is 3.72. The van der Waals surface area contributed by atoms with Crippen molar-refractivity contribution >= 4 is 21.8 Å². The molecule has 0 unspecified atom stereocenters. The van der Waals surface area contributed by atoms with Crippen molar-refractivity contribution in [2.45, 2.75) is 42.9 Å². The lowest BCUT2D eigenvalue weighted by Gasteiger charge is -2.29. The van der Waals surface area contributed by atoms with Gasteiger partial charge in [0, 0.05) is 11.3 Å². The van der Waals surface area contributed by atoms with Crippen LogP contribution in [0.5, 0.6) is 0 Å². The Morgan fingerprint density at radius 2 is 1.75 bits per heavy atom. The summed E-state index contributed by atoms with van der Waals surface area (Å²) in [5.41, 5.74) is 0.699. The number of aliphatic hydroxyl groups excluding tert-OH is 1. The molecule has 2 N–H and O–H groups in total. The summed E-state index contributed by atoms with van der Waals surface area (Å²) in [7, 11) is -3.49. The number of thioether (sulfide) groups is 1. The third-order valence-corrected chi connectivity index (χ3v) is 6.73. The number of nitrogens with one attached hydrogen (secondary N) is 1. The summed E-state index contributed by atoms with van der Waals surface area (Å²) in [6, 6.07) is 6.28. The quantitative estimate of drug-likeness (QED) is 0.772. The molecule has 0 radical (unpaired) electrons. The standard InChI is InChI=1S/C14H23NO3S2/c1-4-14(5-2,19-3)11-15-20(17,18)13-8-6-12(10-16)7-9-13/h6-9,15-16H,4-5,10-11H2,1-3H3. The Kier molecular flexibility index (Phi) is 6.51. The molecule has 0 aliphatic heterocycles. The second-order valence-corrected chi connectivity index (χ2v) is 7.76. The summed E-state index contributed by atoms with van der Waals surface area (Å²) in [5.74, 6) is 0. The van der Waals surface area contributed by atoms with Crippen LogP contribution < -0.4 is 4.72 Å². The first-order valence-corrected chi connectivity index (χ1v) is 9.38. The van der Waals surface area contributed by atoms with E-state index in [9.17, 15) is 8.42 Å². The van der Waals surface area contributed by atoms with Gasteiger partial charge in [0.2, 0.25) is 10.0 Å². The number of hydrogen-bond acceptors (Lipinski definition) is 4. The molecule has 4 nitrogen and oxygen atoms in total. The van der Waals surface area contributed by atoms with Gasteiger partial charge in [0.15, 0.2) is 0 Å². The van der Waals surface area contributed by atoms with E-state index < -0.39 is 10.0 Å². The molecule has 1 aromatic rings. The Hall–Kier alpha value is -0.560. The van der Waals surface area contributed by atoms with Crippen LogP contribution in [-0.4, -0.2) is 31.1 Å². The van der Waals surface area contributed by atoms with Crippen LogP contribution in [0.15, 0.2) is 29.2 Å². The molecule has 0 saturated heterocycles. The molecule has 0 aliphatic carbocycles. The second-order valence-electron chi connectivity index (χ2n) is 4.72. The largest absolute Gasteiger partial charge is 0.392 e. The number of sulfonamides is 1. The summed E-state index contributed by atoms with van der Waals surface area (Å²) in [4.78, 5) is 0.233. The Morgan fingerprint density at radius 3 is 2.15 bits per heavy atom. The van der Waals surface area contributed by atoms with Gasteiger partial charge >= 0.3 is 0 Å². The van der Waals surface area contributed by atoms with Crippen molar-refractivity contribution in [2.75, 3.05) is 12.8 Å². The average Bonchev–Trinajstić information content (AvgIpc) is 2.49. The second kappa shape index (κ2) is 7.45. The number of aliphatic hydroxyl groups is 1. The third kappa shape index (κ3) is 4.22. The minimum atomic E-state index is -3.49. The van der Waals surface area contributed by atoms with Crippen molar-refractivity contribution in [1.29, 1.82) is 0 Å². The molecule has 0 spiro atoms. The minimum absolute atomic E-state index is 0.0574. The van der Waals surface area contributed by atoms with Gasteiger partial charge in [0.05, 0.1) is 11.5 Å². The molecule has 6 heteroatoms. The van der Waals surface area contributed by atoms with Gasteiger partial charge in [-0.05, 0) is 36.8 Å². The van der Waals surface area contributed by atoms with Crippen molar-refractivity contribution < 1.29 is 13.5 Å². The van der Waals surface area contributed by atoms with Crippen LogP contribution in [0.25, 0.3) is 0 Å². The molecule has 1 rings (SSSR count). The van der Waals surface area contributed by atoms with Gasteiger partial charge in [-0.2, -0.15) is 11.8 Å². The van der Waals surface area contributed by atoms with E-state index in [1.807, 2.05) is 6.26 Å². The predicted octanol–water partition coefficient (Wildman–Crippen LogP) is 2.38. The Bertz CT molecular complexity index is 499. The topological polar surface area (TPSA) is 66.4 Å². The number of rotatable bonds is 8. The van der Waals surface area contributed by atoms with Gasteiger partial charge in [-0.3, -0.25) is 0 Å². The zero-order valence-corrected chi connectivity index (χ0v) is 13.9. The average molecular weight is 317 g/mol. The highest BCUT2D eigenvalue weighted by Crippen LogP contribution is 2.30. The number of hydrogen-bond donors (Lipinski definition) is 2. The van der Waals surface area contributed by atoms with Crippen LogP contribution >= 0.6 is 11.8 Å². The first-order chi connectivity index (χ1) is 9.43. The smallest absolute Gasteiger partial charge is 0.240 e. The monoisotopic (exact) mass is 317 g/mol. The normalized spacial score (nSPS) is 12.6. The van der Waals surface area contributed by atoms with Crippen LogP contribution in [0.1, 0.15) is 32.3 Å². The van der Waals surface area contributed by atoms with Gasteiger partial charge in [-0.25, -0.2) is 13.1 Å². The van der Waals surface area contributed by atoms with Crippen LogP contribution in [0, 0.1) is 0 Å². The summed E-state index contributed by atoms with van der Waals surface area (Å²) in [6.07, 6.45) is 3.84. The molecule has 0 bridgehead atoms. The van der Waals surface area contributed by atoms with E-state index in [1.165, 1.54) is 12.1 Å². The highest BCUT2D eigenvalue weighted by Gasteiger charge is 2.27. The van der Waals surface area contributed by atoms with E-state index in [0.29, 0.717) is 12.1 Å². The van der Waals surface area contributed by atoms with Crippen molar-refractivity contribution in [1.82, 2.24) is 4.72 Å². The molecule has 0 amide bonds. The lowest BCUT2D eigenvalue weighted by Crippen LogP contribution is -2.39. The molecule has 0 atom stereocenters. The SMILES string of the molecule is CCC(CC)(CNS(=O)(=O)c1ccc(CO)cc1)SC. The maximum absolute atomic E-state index is 12.2. The van der Waals surface area contributed by atoms with E-state index in [1.54, 1.807) is 23.9 Å². The van der Waals surface area contributed by atoms with Crippen LogP contribution in [0.2, 0.25) is 0 Å².